The van der Waals surface area contributed by atoms with E-state index >= 15 is 0 Å². The zero-order valence-corrected chi connectivity index (χ0v) is 16.0. The van der Waals surface area contributed by atoms with Crippen LogP contribution in [0.1, 0.15) is 18.4 Å². The number of fused-ring (bicyclic) bond motifs is 1. The van der Waals surface area contributed by atoms with Crippen LogP contribution in [0.25, 0.3) is 0 Å². The molecule has 0 saturated heterocycles. The Bertz CT molecular complexity index is 1010. The van der Waals surface area contributed by atoms with E-state index in [1.54, 1.807) is 0 Å². The molecule has 0 aromatic heterocycles. The molecule has 16 heteroatoms. The number of benzene rings is 1. The Balaban J connectivity index is 2.49. The van der Waals surface area contributed by atoms with Gasteiger partial charge in [0.2, 0.25) is 5.75 Å². The van der Waals surface area contributed by atoms with Crippen LogP contribution in [-0.2, 0) is 20.8 Å². The molecule has 16 nitrogen and oxygen atoms in total. The molecule has 1 atom stereocenters. The fourth-order valence-corrected chi connectivity index (χ4v) is 3.07. The molecule has 1 aliphatic heterocycles. The van der Waals surface area contributed by atoms with Crippen molar-refractivity contribution in [2.24, 2.45) is 0 Å². The van der Waals surface area contributed by atoms with Crippen LogP contribution in [0.4, 0.5) is 21.9 Å². The maximum atomic E-state index is 12.7. The summed E-state index contributed by atoms with van der Waals surface area (Å²) in [6, 6.07) is -2.23. The number of aliphatic carboxylic acids is 3. The largest absolute Gasteiger partial charge is 0.481 e. The predicted octanol–water partition coefficient (Wildman–Crippen LogP) is 0.357. The Kier molecular flexibility index (Phi) is 7.09. The molecule has 1 heterocycles. The zero-order valence-electron chi connectivity index (χ0n) is 16.0. The molecule has 0 radical (unpaired) electrons. The number of nitrogens with zero attached hydrogens (tertiary/aromatic N) is 3. The van der Waals surface area contributed by atoms with Gasteiger partial charge in [0, 0.05) is 18.5 Å². The van der Waals surface area contributed by atoms with Gasteiger partial charge in [-0.15, -0.1) is 0 Å². The average molecular weight is 456 g/mol. The van der Waals surface area contributed by atoms with Gasteiger partial charge >= 0.3 is 29.6 Å². The minimum absolute atomic E-state index is 0.167. The summed E-state index contributed by atoms with van der Waals surface area (Å²) in [4.78, 5) is 67.1. The van der Waals surface area contributed by atoms with Crippen LogP contribution in [0.15, 0.2) is 6.07 Å². The minimum Gasteiger partial charge on any atom is -0.481 e. The third-order valence-corrected chi connectivity index (χ3v) is 4.39. The van der Waals surface area contributed by atoms with Crippen molar-refractivity contribution < 1.29 is 49.1 Å². The van der Waals surface area contributed by atoms with Crippen molar-refractivity contribution in [1.82, 2.24) is 5.32 Å². The van der Waals surface area contributed by atoms with Crippen molar-refractivity contribution in [2.45, 2.75) is 25.3 Å². The molecule has 4 N–H and O–H groups in total. The normalized spacial score (nSPS) is 13.1. The van der Waals surface area contributed by atoms with E-state index in [1.165, 1.54) is 0 Å². The van der Waals surface area contributed by atoms with Crippen LogP contribution < -0.4 is 15.0 Å². The number of ether oxygens (including phenoxy) is 1. The molecule has 2 amide bonds. The van der Waals surface area contributed by atoms with Crippen molar-refractivity contribution in [3.63, 3.8) is 0 Å². The molecule has 172 valence electrons. The number of amides is 2. The first-order valence-electron chi connectivity index (χ1n) is 8.79. The first kappa shape index (κ1) is 23.8. The Morgan fingerprint density at radius 3 is 2.22 bits per heavy atom. The number of carboxylic acid groups (broad SMARTS) is 3. The van der Waals surface area contributed by atoms with E-state index in [2.05, 4.69) is 5.32 Å². The first-order chi connectivity index (χ1) is 14.9. The van der Waals surface area contributed by atoms with Crippen LogP contribution in [-0.4, -0.2) is 68.3 Å². The van der Waals surface area contributed by atoms with Crippen LogP contribution in [0.5, 0.6) is 5.75 Å². The molecule has 0 spiro atoms. The fourth-order valence-electron chi connectivity index (χ4n) is 3.07. The molecule has 0 fully saturated rings. The monoisotopic (exact) mass is 456 g/mol. The number of nitro groups is 2. The van der Waals surface area contributed by atoms with Gasteiger partial charge in [0.1, 0.15) is 17.8 Å². The van der Waals surface area contributed by atoms with Crippen molar-refractivity contribution in [2.75, 3.05) is 18.1 Å². The minimum atomic E-state index is -1.62. The molecule has 1 aliphatic rings. The molecule has 1 aromatic carbocycles. The number of nitrogens with one attached hydrogen (secondary N) is 1. The van der Waals surface area contributed by atoms with Gasteiger partial charge in [-0.3, -0.25) is 29.9 Å². The van der Waals surface area contributed by atoms with Gasteiger partial charge in [0.05, 0.1) is 9.85 Å². The second-order valence-electron chi connectivity index (χ2n) is 6.44. The number of anilines is 1. The maximum Gasteiger partial charge on any atom is 0.341 e. The molecule has 1 aromatic rings. The van der Waals surface area contributed by atoms with Crippen molar-refractivity contribution in [3.05, 3.63) is 31.9 Å². The Labute approximate surface area is 177 Å². The Morgan fingerprint density at radius 2 is 1.72 bits per heavy atom. The summed E-state index contributed by atoms with van der Waals surface area (Å²) in [7, 11) is 0. The number of hydrogen-bond donors (Lipinski definition) is 4. The standard InChI is InChI=1S/C16H16N4O12/c21-11(22)2-1-8(15(25)26)17-16(27)18-4-3-7-13(18)9(19(28)29)5-10(20(30)31)14(7)32-6-12(23)24/h5,8H,1-4,6H2,(H,17,27)(H,21,22)(H,23,24)(H,25,26)/t8-/m0/s1. The summed E-state index contributed by atoms with van der Waals surface area (Å²) >= 11 is 0. The highest BCUT2D eigenvalue weighted by molar-refractivity contribution is 6.00. The topological polar surface area (TPSA) is 240 Å². The van der Waals surface area contributed by atoms with Gasteiger partial charge in [-0.2, -0.15) is 0 Å². The summed E-state index contributed by atoms with van der Waals surface area (Å²) < 4.78 is 4.97. The van der Waals surface area contributed by atoms with E-state index in [0.29, 0.717) is 6.07 Å². The fraction of sp³-hybridized carbons (Fsp3) is 0.375. The van der Waals surface area contributed by atoms with Crippen LogP contribution in [0.3, 0.4) is 0 Å². The highest BCUT2D eigenvalue weighted by Crippen LogP contribution is 2.47. The summed E-state index contributed by atoms with van der Waals surface area (Å²) in [5.74, 6) is -4.88. The number of rotatable bonds is 10. The number of carbonyl (C=O) groups excluding carboxylic acids is 1. The molecule has 0 saturated carbocycles. The summed E-state index contributed by atoms with van der Waals surface area (Å²) in [5, 5.41) is 51.6. The second-order valence-corrected chi connectivity index (χ2v) is 6.44. The summed E-state index contributed by atoms with van der Waals surface area (Å²) in [5.41, 5.74) is -2.30. The summed E-state index contributed by atoms with van der Waals surface area (Å²) in [6.07, 6.45) is -1.23. The van der Waals surface area contributed by atoms with E-state index < -0.39 is 82.1 Å². The number of carboxylic acids is 3. The highest BCUT2D eigenvalue weighted by Gasteiger charge is 2.40. The third-order valence-electron chi connectivity index (χ3n) is 4.39. The number of carbonyl (C=O) groups is 4. The van der Waals surface area contributed by atoms with Crippen molar-refractivity contribution in [3.8, 4) is 5.75 Å². The maximum absolute atomic E-state index is 12.7. The lowest BCUT2D eigenvalue weighted by Crippen LogP contribution is -2.48. The SMILES string of the molecule is O=C(O)CC[C@H](NC(=O)N1CCc2c(OCC(=O)O)c([N+](=O)[O-])cc([N+](=O)[O-])c21)C(=O)O. The molecular formula is C16H16N4O12. The second kappa shape index (κ2) is 9.54. The average Bonchev–Trinajstić information content (AvgIpc) is 3.12. The van der Waals surface area contributed by atoms with Gasteiger partial charge in [0.15, 0.2) is 6.61 Å². The van der Waals surface area contributed by atoms with Gasteiger partial charge in [0.25, 0.3) is 5.69 Å². The van der Waals surface area contributed by atoms with E-state index in [1.807, 2.05) is 0 Å². The van der Waals surface area contributed by atoms with E-state index in [0.717, 1.165) is 4.90 Å². The quantitative estimate of drug-likeness (QED) is 0.275. The lowest BCUT2D eigenvalue weighted by Gasteiger charge is -2.21. The predicted molar refractivity (Wildman–Crippen MR) is 101 cm³/mol. The number of nitro benzene ring substituents is 2. The molecule has 0 unspecified atom stereocenters. The van der Waals surface area contributed by atoms with Crippen LogP contribution >= 0.6 is 0 Å². The van der Waals surface area contributed by atoms with E-state index in [9.17, 15) is 44.5 Å². The molecule has 0 aliphatic carbocycles. The van der Waals surface area contributed by atoms with Crippen LogP contribution in [0, 0.1) is 20.2 Å². The van der Waals surface area contributed by atoms with E-state index in [-0.39, 0.29) is 18.5 Å². The van der Waals surface area contributed by atoms with Gasteiger partial charge in [-0.05, 0) is 12.8 Å². The number of hydrogen-bond acceptors (Lipinski definition) is 9. The third kappa shape index (κ3) is 5.15. The smallest absolute Gasteiger partial charge is 0.341 e. The number of urea groups is 1. The lowest BCUT2D eigenvalue weighted by atomic mass is 10.1. The Hall–Kier alpha value is -4.50. The first-order valence-corrected chi connectivity index (χ1v) is 8.79. The molecule has 32 heavy (non-hydrogen) atoms. The van der Waals surface area contributed by atoms with Gasteiger partial charge in [-0.1, -0.05) is 0 Å². The van der Waals surface area contributed by atoms with E-state index in [4.69, 9.17) is 14.9 Å². The van der Waals surface area contributed by atoms with Gasteiger partial charge < -0.3 is 25.4 Å². The zero-order chi connectivity index (χ0) is 24.2. The highest BCUT2D eigenvalue weighted by atomic mass is 16.6. The summed E-state index contributed by atoms with van der Waals surface area (Å²) in [6.45, 7) is -1.26. The lowest BCUT2D eigenvalue weighted by molar-refractivity contribution is -0.394. The molecule has 0 bridgehead atoms. The Morgan fingerprint density at radius 1 is 1.09 bits per heavy atom. The van der Waals surface area contributed by atoms with Crippen LogP contribution in [0.2, 0.25) is 0 Å². The molecular weight excluding hydrogens is 440 g/mol. The van der Waals surface area contributed by atoms with Crippen molar-refractivity contribution >= 4 is 41.0 Å². The van der Waals surface area contributed by atoms with Crippen molar-refractivity contribution in [1.29, 1.82) is 0 Å². The van der Waals surface area contributed by atoms with Gasteiger partial charge in [-0.25, -0.2) is 14.4 Å². The molecule has 2 rings (SSSR count).